The van der Waals surface area contributed by atoms with Gasteiger partial charge in [0.1, 0.15) is 46.0 Å². The van der Waals surface area contributed by atoms with Gasteiger partial charge in [-0.1, -0.05) is 12.1 Å². The third-order valence-electron chi connectivity index (χ3n) is 12.0. The molecule has 0 radical (unpaired) electrons. The summed E-state index contributed by atoms with van der Waals surface area (Å²) in [6, 6.07) is 61.6. The lowest BCUT2D eigenvalue weighted by Gasteiger charge is -2.09. The Morgan fingerprint density at radius 2 is 0.532 bits per heavy atom. The Morgan fingerprint density at radius 3 is 0.835 bits per heavy atom. The second-order valence-electron chi connectivity index (χ2n) is 18.0. The molecule has 8 rings (SSSR count). The molecular formula is C65H66N6O8. The number of ether oxygens (including phenoxy) is 8. The highest BCUT2D eigenvalue weighted by atomic mass is 16.5. The van der Waals surface area contributed by atoms with Crippen LogP contribution in [0.1, 0.15) is 56.1 Å². The molecule has 14 heteroatoms. The maximum atomic E-state index is 6.06. The summed E-state index contributed by atoms with van der Waals surface area (Å²) in [6.07, 6.45) is 9.98. The Balaban J connectivity index is 0.632. The fourth-order valence-electron chi connectivity index (χ4n) is 7.58. The first kappa shape index (κ1) is 55.9. The van der Waals surface area contributed by atoms with Gasteiger partial charge in [-0.2, -0.15) is 20.5 Å². The Bertz CT molecular complexity index is 2940. The molecule has 0 fully saturated rings. The van der Waals surface area contributed by atoms with Crippen molar-refractivity contribution >= 4 is 46.6 Å². The van der Waals surface area contributed by atoms with Gasteiger partial charge in [0.2, 0.25) is 0 Å². The van der Waals surface area contributed by atoms with Crippen molar-refractivity contribution in [3.63, 3.8) is 0 Å². The Kier molecular flexibility index (Phi) is 22.4. The minimum absolute atomic E-state index is 0.599. The number of hydrogen-bond acceptors (Lipinski definition) is 14. The summed E-state index contributed by atoms with van der Waals surface area (Å²) in [5.41, 5.74) is 6.63. The zero-order valence-electron chi connectivity index (χ0n) is 44.8. The molecule has 0 amide bonds. The van der Waals surface area contributed by atoms with Crippen LogP contribution in [0.5, 0.6) is 46.0 Å². The number of benzene rings is 8. The molecule has 0 saturated carbocycles. The number of azo groups is 2. The van der Waals surface area contributed by atoms with Crippen LogP contribution >= 0.6 is 0 Å². The summed E-state index contributed by atoms with van der Waals surface area (Å²) >= 11 is 0. The molecule has 0 heterocycles. The SMILES string of the molecule is COc1ccc(N=Nc2ccc(OCCCCOc3ccc(C=Nc4cccc(OCCCCCOc5cccc(N=Cc6ccc(OCCCCOc7ccc(N=Nc8ccc(OC)cc8)cc7)cc6)c5)c4)cc3)cc2)cc1. The first-order valence-corrected chi connectivity index (χ1v) is 26.6. The quantitative estimate of drug-likeness (QED) is 0.0230. The van der Waals surface area contributed by atoms with Crippen LogP contribution in [0.3, 0.4) is 0 Å². The van der Waals surface area contributed by atoms with Crippen molar-refractivity contribution in [3.05, 3.63) is 205 Å². The van der Waals surface area contributed by atoms with Crippen LogP contribution in [-0.4, -0.2) is 66.3 Å². The number of rotatable bonds is 32. The maximum absolute atomic E-state index is 6.06. The van der Waals surface area contributed by atoms with Crippen molar-refractivity contribution in [2.75, 3.05) is 53.9 Å². The van der Waals surface area contributed by atoms with Gasteiger partial charge in [-0.3, -0.25) is 9.98 Å². The van der Waals surface area contributed by atoms with E-state index >= 15 is 0 Å². The van der Waals surface area contributed by atoms with E-state index in [9.17, 15) is 0 Å². The Hall–Kier alpha value is -9.30. The molecule has 79 heavy (non-hydrogen) atoms. The molecular weight excluding hydrogens is 993 g/mol. The molecule has 0 bridgehead atoms. The lowest BCUT2D eigenvalue weighted by Crippen LogP contribution is -2.02. The summed E-state index contributed by atoms with van der Waals surface area (Å²) in [6.45, 7) is 3.63. The molecule has 14 nitrogen and oxygen atoms in total. The van der Waals surface area contributed by atoms with E-state index in [1.165, 1.54) is 0 Å². The van der Waals surface area contributed by atoms with E-state index in [-0.39, 0.29) is 0 Å². The molecule has 0 spiro atoms. The van der Waals surface area contributed by atoms with Crippen molar-refractivity contribution in [2.24, 2.45) is 30.4 Å². The largest absolute Gasteiger partial charge is 0.497 e. The normalized spacial score (nSPS) is 11.4. The Labute approximate surface area is 463 Å². The fourth-order valence-corrected chi connectivity index (χ4v) is 7.58. The molecule has 0 N–H and O–H groups in total. The third-order valence-corrected chi connectivity index (χ3v) is 12.0. The van der Waals surface area contributed by atoms with Crippen LogP contribution in [0.15, 0.2) is 225 Å². The number of nitrogens with zero attached hydrogens (tertiary/aromatic N) is 6. The zero-order chi connectivity index (χ0) is 54.4. The van der Waals surface area contributed by atoms with Gasteiger partial charge in [-0.25, -0.2) is 0 Å². The zero-order valence-corrected chi connectivity index (χ0v) is 44.8. The van der Waals surface area contributed by atoms with E-state index in [2.05, 4.69) is 30.4 Å². The van der Waals surface area contributed by atoms with E-state index in [0.717, 1.165) is 136 Å². The van der Waals surface area contributed by atoms with E-state index in [0.29, 0.717) is 39.6 Å². The van der Waals surface area contributed by atoms with Crippen LogP contribution in [0.2, 0.25) is 0 Å². The third kappa shape index (κ3) is 20.3. The number of unbranched alkanes of at least 4 members (excludes halogenated alkanes) is 4. The van der Waals surface area contributed by atoms with Gasteiger partial charge in [0.05, 0.1) is 88.0 Å². The summed E-state index contributed by atoms with van der Waals surface area (Å²) < 4.78 is 46.2. The highest BCUT2D eigenvalue weighted by Crippen LogP contribution is 2.27. The number of methoxy groups -OCH3 is 2. The van der Waals surface area contributed by atoms with Crippen molar-refractivity contribution in [1.29, 1.82) is 0 Å². The number of aliphatic imine (C=N–C) groups is 2. The minimum Gasteiger partial charge on any atom is -0.497 e. The predicted octanol–water partition coefficient (Wildman–Crippen LogP) is 17.1. The van der Waals surface area contributed by atoms with Crippen molar-refractivity contribution in [1.82, 2.24) is 0 Å². The smallest absolute Gasteiger partial charge is 0.121 e. The van der Waals surface area contributed by atoms with E-state index in [1.807, 2.05) is 207 Å². The van der Waals surface area contributed by atoms with Crippen molar-refractivity contribution in [2.45, 2.75) is 44.9 Å². The average molecular weight is 1060 g/mol. The molecule has 404 valence electrons. The van der Waals surface area contributed by atoms with Crippen molar-refractivity contribution in [3.8, 4) is 46.0 Å². The fraction of sp³-hybridized carbons (Fsp3) is 0.231. The number of hydrogen-bond donors (Lipinski definition) is 0. The van der Waals surface area contributed by atoms with Gasteiger partial charge in [-0.15, -0.1) is 0 Å². The first-order chi connectivity index (χ1) is 39.0. The lowest BCUT2D eigenvalue weighted by molar-refractivity contribution is 0.266. The van der Waals surface area contributed by atoms with Gasteiger partial charge in [0, 0.05) is 24.6 Å². The maximum Gasteiger partial charge on any atom is 0.121 e. The van der Waals surface area contributed by atoms with Crippen LogP contribution < -0.4 is 37.9 Å². The molecule has 0 unspecified atom stereocenters. The predicted molar refractivity (Wildman–Crippen MR) is 313 cm³/mol. The standard InChI is InChI=1S/C65H66N6O8/c1-72-58-32-20-52(21-33-58)68-70-54-24-36-62(37-25-54)76-44-8-6-42-74-60-28-16-50(17-29-60)48-66-56-12-10-14-64(46-56)78-40-4-3-5-41-79-65-15-11-13-57(47-65)67-49-51-18-30-61(31-19-51)75-43-7-9-45-77-63-38-26-55(27-39-63)71-69-53-22-34-59(73-2)35-23-53/h10-39,46-49H,3-9,40-45H2,1-2H3. The monoisotopic (exact) mass is 1060 g/mol. The second kappa shape index (κ2) is 31.7. The lowest BCUT2D eigenvalue weighted by atomic mass is 10.2. The van der Waals surface area contributed by atoms with E-state index in [1.54, 1.807) is 14.2 Å². The van der Waals surface area contributed by atoms with E-state index in [4.69, 9.17) is 37.9 Å². The highest BCUT2D eigenvalue weighted by Gasteiger charge is 2.04. The topological polar surface area (TPSA) is 148 Å². The summed E-state index contributed by atoms with van der Waals surface area (Å²) in [4.78, 5) is 9.35. The molecule has 0 saturated heterocycles. The van der Waals surface area contributed by atoms with Gasteiger partial charge in [0.25, 0.3) is 0 Å². The molecule has 8 aromatic rings. The van der Waals surface area contributed by atoms with E-state index < -0.39 is 0 Å². The van der Waals surface area contributed by atoms with Crippen LogP contribution in [0, 0.1) is 0 Å². The van der Waals surface area contributed by atoms with Gasteiger partial charge >= 0.3 is 0 Å². The molecule has 0 aliphatic carbocycles. The Morgan fingerprint density at radius 1 is 0.266 bits per heavy atom. The summed E-state index contributed by atoms with van der Waals surface area (Å²) in [5.74, 6) is 6.38. The molecule has 0 atom stereocenters. The van der Waals surface area contributed by atoms with Crippen LogP contribution in [0.4, 0.5) is 34.1 Å². The second-order valence-corrected chi connectivity index (χ2v) is 18.0. The van der Waals surface area contributed by atoms with Gasteiger partial charge < -0.3 is 37.9 Å². The summed E-state index contributed by atoms with van der Waals surface area (Å²) in [5, 5.41) is 17.1. The summed E-state index contributed by atoms with van der Waals surface area (Å²) in [7, 11) is 3.27. The van der Waals surface area contributed by atoms with Gasteiger partial charge in [-0.05, 0) is 226 Å². The molecule has 0 aliphatic heterocycles. The first-order valence-electron chi connectivity index (χ1n) is 26.6. The molecule has 0 aromatic heterocycles. The highest BCUT2D eigenvalue weighted by molar-refractivity contribution is 5.83. The van der Waals surface area contributed by atoms with Crippen LogP contribution in [0.25, 0.3) is 0 Å². The average Bonchev–Trinajstić information content (AvgIpc) is 3.50. The molecule has 0 aliphatic rings. The van der Waals surface area contributed by atoms with Crippen LogP contribution in [-0.2, 0) is 0 Å². The van der Waals surface area contributed by atoms with Gasteiger partial charge in [0.15, 0.2) is 0 Å². The minimum atomic E-state index is 0.599. The van der Waals surface area contributed by atoms with Crippen molar-refractivity contribution < 1.29 is 37.9 Å². The molecule has 8 aromatic carbocycles.